The molecular formula is C13H10N4O4. The van der Waals surface area contributed by atoms with Crippen molar-refractivity contribution in [3.8, 4) is 0 Å². The number of hydrogen-bond donors (Lipinski definition) is 2. The van der Waals surface area contributed by atoms with Crippen molar-refractivity contribution in [2.75, 3.05) is 11.4 Å². The first-order valence-corrected chi connectivity index (χ1v) is 6.14. The molecule has 21 heavy (non-hydrogen) atoms. The van der Waals surface area contributed by atoms with Crippen LogP contribution < -0.4 is 10.2 Å². The molecule has 1 aromatic heterocycles. The number of urea groups is 1. The predicted molar refractivity (Wildman–Crippen MR) is 72.0 cm³/mol. The zero-order chi connectivity index (χ0) is 15.0. The molecule has 0 saturated carbocycles. The number of carboxylic acid groups (broad SMARTS) is 1. The number of nitrogens with one attached hydrogen (secondary N) is 1. The number of aromatic carboxylic acids is 1. The summed E-state index contributed by atoms with van der Waals surface area (Å²) in [5.74, 6) is -1.49. The average Bonchev–Trinajstić information content (AvgIpc) is 2.46. The van der Waals surface area contributed by atoms with Crippen LogP contribution in [0.3, 0.4) is 0 Å². The van der Waals surface area contributed by atoms with Crippen LogP contribution in [0.5, 0.6) is 0 Å². The lowest BCUT2D eigenvalue weighted by Crippen LogP contribution is -2.49. The Kier molecular flexibility index (Phi) is 2.98. The second kappa shape index (κ2) is 4.82. The molecule has 0 bridgehead atoms. The minimum Gasteiger partial charge on any atom is -0.478 e. The Morgan fingerprint density at radius 3 is 2.86 bits per heavy atom. The second-order valence-electron chi connectivity index (χ2n) is 4.51. The number of amides is 3. The lowest BCUT2D eigenvalue weighted by Gasteiger charge is -2.27. The van der Waals surface area contributed by atoms with Crippen molar-refractivity contribution < 1.29 is 19.5 Å². The monoisotopic (exact) mass is 286 g/mol. The molecule has 0 aliphatic carbocycles. The molecule has 8 nitrogen and oxygen atoms in total. The molecule has 1 aromatic carbocycles. The van der Waals surface area contributed by atoms with E-state index in [2.05, 4.69) is 15.3 Å². The fraction of sp³-hybridized carbons (Fsp3) is 0.154. The number of anilines is 1. The summed E-state index contributed by atoms with van der Waals surface area (Å²) in [7, 11) is 0. The van der Waals surface area contributed by atoms with E-state index in [-0.39, 0.29) is 24.4 Å². The standard InChI is InChI=1S/C13H10N4O4/c18-10-1-2-17(13(21)16-10)8-3-7-5-14-6-15-11(7)9(4-8)12(19)20/h3-6H,1-2H2,(H,19,20)(H,16,18,21). The normalized spacial score (nSPS) is 15.1. The SMILES string of the molecule is O=C1CCN(c2cc(C(=O)O)c3ncncc3c2)C(=O)N1. The molecule has 3 amide bonds. The molecule has 3 rings (SSSR count). The number of imide groups is 1. The van der Waals surface area contributed by atoms with Crippen LogP contribution in [-0.2, 0) is 4.79 Å². The first-order chi connectivity index (χ1) is 10.1. The molecule has 1 aliphatic rings. The van der Waals surface area contributed by atoms with Gasteiger partial charge in [-0.25, -0.2) is 19.6 Å². The van der Waals surface area contributed by atoms with Crippen LogP contribution in [0.4, 0.5) is 10.5 Å². The molecule has 0 radical (unpaired) electrons. The zero-order valence-electron chi connectivity index (χ0n) is 10.7. The summed E-state index contributed by atoms with van der Waals surface area (Å²) in [6.45, 7) is 0.197. The van der Waals surface area contributed by atoms with Gasteiger partial charge in [-0.2, -0.15) is 0 Å². The highest BCUT2D eigenvalue weighted by Gasteiger charge is 2.25. The van der Waals surface area contributed by atoms with E-state index in [1.54, 1.807) is 6.07 Å². The topological polar surface area (TPSA) is 112 Å². The summed E-state index contributed by atoms with van der Waals surface area (Å²) >= 11 is 0. The van der Waals surface area contributed by atoms with Crippen LogP contribution in [0.2, 0.25) is 0 Å². The Morgan fingerprint density at radius 1 is 1.33 bits per heavy atom. The number of benzene rings is 1. The molecule has 0 unspecified atom stereocenters. The summed E-state index contributed by atoms with van der Waals surface area (Å²) in [5.41, 5.74) is 0.670. The number of carbonyl (C=O) groups is 3. The summed E-state index contributed by atoms with van der Waals surface area (Å²) in [4.78, 5) is 43.5. The Hall–Kier alpha value is -3.03. The molecule has 2 aromatic rings. The molecule has 1 saturated heterocycles. The van der Waals surface area contributed by atoms with Crippen LogP contribution in [-0.4, -0.2) is 39.5 Å². The fourth-order valence-corrected chi connectivity index (χ4v) is 2.22. The van der Waals surface area contributed by atoms with Crippen molar-refractivity contribution in [3.63, 3.8) is 0 Å². The van der Waals surface area contributed by atoms with E-state index in [1.165, 1.54) is 23.5 Å². The number of aromatic nitrogens is 2. The van der Waals surface area contributed by atoms with Gasteiger partial charge in [0.2, 0.25) is 5.91 Å². The van der Waals surface area contributed by atoms with Gasteiger partial charge in [0.25, 0.3) is 0 Å². The van der Waals surface area contributed by atoms with Gasteiger partial charge in [0, 0.05) is 30.2 Å². The maximum Gasteiger partial charge on any atom is 0.337 e. The Balaban J connectivity index is 2.13. The van der Waals surface area contributed by atoms with E-state index >= 15 is 0 Å². The molecule has 2 heterocycles. The average molecular weight is 286 g/mol. The Morgan fingerprint density at radius 2 is 2.14 bits per heavy atom. The summed E-state index contributed by atoms with van der Waals surface area (Å²) < 4.78 is 0. The summed E-state index contributed by atoms with van der Waals surface area (Å²) in [5, 5.41) is 12.0. The summed E-state index contributed by atoms with van der Waals surface area (Å²) in [6.07, 6.45) is 2.91. The third-order valence-corrected chi connectivity index (χ3v) is 3.19. The number of nitrogens with zero attached hydrogens (tertiary/aromatic N) is 3. The Labute approximate surface area is 118 Å². The van der Waals surface area contributed by atoms with Gasteiger partial charge in [0.05, 0.1) is 11.1 Å². The maximum atomic E-state index is 11.8. The van der Waals surface area contributed by atoms with E-state index in [9.17, 15) is 19.5 Å². The molecule has 106 valence electrons. The van der Waals surface area contributed by atoms with Gasteiger partial charge in [0.1, 0.15) is 6.33 Å². The van der Waals surface area contributed by atoms with Gasteiger partial charge in [-0.3, -0.25) is 15.0 Å². The third kappa shape index (κ3) is 2.27. The smallest absolute Gasteiger partial charge is 0.337 e. The molecule has 0 atom stereocenters. The van der Waals surface area contributed by atoms with Gasteiger partial charge >= 0.3 is 12.0 Å². The molecular weight excluding hydrogens is 276 g/mol. The van der Waals surface area contributed by atoms with Crippen molar-refractivity contribution in [1.29, 1.82) is 0 Å². The third-order valence-electron chi connectivity index (χ3n) is 3.19. The lowest BCUT2D eigenvalue weighted by atomic mass is 10.1. The first kappa shape index (κ1) is 13.0. The maximum absolute atomic E-state index is 11.8. The van der Waals surface area contributed by atoms with Gasteiger partial charge in [-0.15, -0.1) is 0 Å². The van der Waals surface area contributed by atoms with E-state index in [0.717, 1.165) is 0 Å². The number of carbonyl (C=O) groups excluding carboxylic acids is 2. The van der Waals surface area contributed by atoms with E-state index in [1.807, 2.05) is 0 Å². The van der Waals surface area contributed by atoms with Crippen LogP contribution in [0.25, 0.3) is 10.9 Å². The van der Waals surface area contributed by atoms with Gasteiger partial charge in [-0.1, -0.05) is 0 Å². The Bertz CT molecular complexity index is 774. The largest absolute Gasteiger partial charge is 0.478 e. The van der Waals surface area contributed by atoms with Crippen molar-refractivity contribution in [3.05, 3.63) is 30.2 Å². The van der Waals surface area contributed by atoms with E-state index in [0.29, 0.717) is 16.6 Å². The van der Waals surface area contributed by atoms with Crippen molar-refractivity contribution in [2.24, 2.45) is 0 Å². The quantitative estimate of drug-likeness (QED) is 0.843. The first-order valence-electron chi connectivity index (χ1n) is 6.14. The molecule has 1 fully saturated rings. The van der Waals surface area contributed by atoms with Gasteiger partial charge in [0.15, 0.2) is 0 Å². The number of carboxylic acids is 1. The fourth-order valence-electron chi connectivity index (χ4n) is 2.22. The minimum atomic E-state index is -1.14. The van der Waals surface area contributed by atoms with Crippen molar-refractivity contribution >= 4 is 34.5 Å². The van der Waals surface area contributed by atoms with E-state index < -0.39 is 12.0 Å². The highest BCUT2D eigenvalue weighted by atomic mass is 16.4. The number of hydrogen-bond acceptors (Lipinski definition) is 5. The summed E-state index contributed by atoms with van der Waals surface area (Å²) in [6, 6.07) is 2.42. The predicted octanol–water partition coefficient (Wildman–Crippen LogP) is 0.774. The lowest BCUT2D eigenvalue weighted by molar-refractivity contribution is -0.120. The van der Waals surface area contributed by atoms with E-state index in [4.69, 9.17) is 0 Å². The number of rotatable bonds is 2. The zero-order valence-corrected chi connectivity index (χ0v) is 10.7. The molecule has 1 aliphatic heterocycles. The highest BCUT2D eigenvalue weighted by Crippen LogP contribution is 2.25. The molecule has 8 heteroatoms. The molecule has 0 spiro atoms. The van der Waals surface area contributed by atoms with Gasteiger partial charge in [-0.05, 0) is 12.1 Å². The highest BCUT2D eigenvalue weighted by molar-refractivity contribution is 6.08. The molecule has 2 N–H and O–H groups in total. The number of fused-ring (bicyclic) bond motifs is 1. The van der Waals surface area contributed by atoms with Gasteiger partial charge < -0.3 is 5.11 Å². The van der Waals surface area contributed by atoms with Crippen LogP contribution in [0.1, 0.15) is 16.8 Å². The van der Waals surface area contributed by atoms with Crippen LogP contribution >= 0.6 is 0 Å². The second-order valence-corrected chi connectivity index (χ2v) is 4.51. The van der Waals surface area contributed by atoms with Crippen molar-refractivity contribution in [1.82, 2.24) is 15.3 Å². The van der Waals surface area contributed by atoms with Crippen LogP contribution in [0.15, 0.2) is 24.7 Å². The minimum absolute atomic E-state index is 0.0189. The van der Waals surface area contributed by atoms with Crippen molar-refractivity contribution in [2.45, 2.75) is 6.42 Å². The van der Waals surface area contributed by atoms with Crippen LogP contribution in [0, 0.1) is 0 Å².